The number of benzene rings is 1. The van der Waals surface area contributed by atoms with Crippen LogP contribution in [0.5, 0.6) is 0 Å². The first kappa shape index (κ1) is 16.9. The second-order valence-electron chi connectivity index (χ2n) is 5.89. The van der Waals surface area contributed by atoms with Crippen LogP contribution in [0.15, 0.2) is 17.0 Å². The molecular formula is C13H19ClN2O3S. The Labute approximate surface area is 124 Å². The van der Waals surface area contributed by atoms with Gasteiger partial charge in [-0.3, -0.25) is 4.79 Å². The monoisotopic (exact) mass is 318 g/mol. The van der Waals surface area contributed by atoms with Gasteiger partial charge in [0.2, 0.25) is 10.0 Å². The maximum absolute atomic E-state index is 12.0. The second kappa shape index (κ2) is 5.71. The fraction of sp³-hybridized carbons (Fsp3) is 0.462. The predicted octanol–water partition coefficient (Wildman–Crippen LogP) is 2.07. The van der Waals surface area contributed by atoms with Crippen LogP contribution in [0, 0.1) is 12.3 Å². The van der Waals surface area contributed by atoms with Crippen molar-refractivity contribution in [2.75, 3.05) is 6.54 Å². The molecule has 20 heavy (non-hydrogen) atoms. The minimum atomic E-state index is -3.97. The number of hydrogen-bond donors (Lipinski definition) is 2. The highest BCUT2D eigenvalue weighted by Gasteiger charge is 2.19. The van der Waals surface area contributed by atoms with Gasteiger partial charge in [-0.2, -0.15) is 0 Å². The molecule has 7 heteroatoms. The van der Waals surface area contributed by atoms with Crippen LogP contribution < -0.4 is 10.5 Å². The first-order chi connectivity index (χ1) is 8.92. The molecule has 0 aliphatic heterocycles. The van der Waals surface area contributed by atoms with Gasteiger partial charge in [0.05, 0.1) is 5.02 Å². The fourth-order valence-corrected chi connectivity index (χ4v) is 2.66. The summed E-state index contributed by atoms with van der Waals surface area (Å²) in [6, 6.07) is 2.73. The van der Waals surface area contributed by atoms with Crippen molar-refractivity contribution in [3.05, 3.63) is 28.3 Å². The van der Waals surface area contributed by atoms with E-state index in [1.165, 1.54) is 12.1 Å². The standard InChI is InChI=1S/C13H19ClN2O3S/c1-8-5-9(12(17)16-7-13(2,3)4)6-10(11(8)14)20(15,18)19/h5-6H,7H2,1-4H3,(H,16,17)(H2,15,18,19). The van der Waals surface area contributed by atoms with Crippen molar-refractivity contribution in [2.24, 2.45) is 10.6 Å². The van der Waals surface area contributed by atoms with E-state index < -0.39 is 10.0 Å². The molecule has 5 nitrogen and oxygen atoms in total. The summed E-state index contributed by atoms with van der Waals surface area (Å²) in [5, 5.41) is 7.88. The molecule has 0 aliphatic carbocycles. The van der Waals surface area contributed by atoms with E-state index in [4.69, 9.17) is 16.7 Å². The van der Waals surface area contributed by atoms with Crippen LogP contribution >= 0.6 is 11.6 Å². The zero-order valence-corrected chi connectivity index (χ0v) is 13.5. The van der Waals surface area contributed by atoms with Gasteiger partial charge >= 0.3 is 0 Å². The minimum Gasteiger partial charge on any atom is -0.352 e. The molecule has 0 saturated carbocycles. The van der Waals surface area contributed by atoms with Crippen molar-refractivity contribution >= 4 is 27.5 Å². The Bertz CT molecular complexity index is 634. The Morgan fingerprint density at radius 2 is 1.90 bits per heavy atom. The molecule has 0 unspecified atom stereocenters. The number of amides is 1. The van der Waals surface area contributed by atoms with Crippen LogP contribution in [-0.2, 0) is 10.0 Å². The molecule has 0 spiro atoms. The van der Waals surface area contributed by atoms with Crippen LogP contribution in [0.4, 0.5) is 0 Å². The molecular weight excluding hydrogens is 300 g/mol. The number of halogens is 1. The number of hydrogen-bond acceptors (Lipinski definition) is 3. The molecule has 0 heterocycles. The number of nitrogens with two attached hydrogens (primary N) is 1. The molecule has 0 radical (unpaired) electrons. The van der Waals surface area contributed by atoms with Gasteiger partial charge in [0, 0.05) is 12.1 Å². The quantitative estimate of drug-likeness (QED) is 0.894. The van der Waals surface area contributed by atoms with Gasteiger partial charge in [0.15, 0.2) is 0 Å². The molecule has 1 aromatic rings. The zero-order chi connectivity index (χ0) is 15.7. The van der Waals surface area contributed by atoms with Crippen molar-refractivity contribution < 1.29 is 13.2 Å². The number of carbonyl (C=O) groups is 1. The third-order valence-electron chi connectivity index (χ3n) is 2.57. The summed E-state index contributed by atoms with van der Waals surface area (Å²) in [4.78, 5) is 11.8. The molecule has 0 aromatic heterocycles. The van der Waals surface area contributed by atoms with Crippen molar-refractivity contribution in [3.63, 3.8) is 0 Å². The Hall–Kier alpha value is -1.11. The number of nitrogens with one attached hydrogen (secondary N) is 1. The average molecular weight is 319 g/mol. The molecule has 1 amide bonds. The summed E-state index contributed by atoms with van der Waals surface area (Å²) < 4.78 is 22.9. The van der Waals surface area contributed by atoms with Crippen LogP contribution in [0.2, 0.25) is 5.02 Å². The molecule has 0 bridgehead atoms. The maximum atomic E-state index is 12.0. The lowest BCUT2D eigenvalue weighted by atomic mass is 9.97. The van der Waals surface area contributed by atoms with E-state index in [-0.39, 0.29) is 26.8 Å². The van der Waals surface area contributed by atoms with Crippen LogP contribution in [0.3, 0.4) is 0 Å². The molecule has 0 fully saturated rings. The Balaban J connectivity index is 3.15. The lowest BCUT2D eigenvalue weighted by Crippen LogP contribution is -2.32. The van der Waals surface area contributed by atoms with E-state index in [2.05, 4.69) is 5.32 Å². The Morgan fingerprint density at radius 3 is 2.35 bits per heavy atom. The molecule has 1 rings (SSSR count). The topological polar surface area (TPSA) is 89.3 Å². The fourth-order valence-electron chi connectivity index (χ4n) is 1.52. The molecule has 0 saturated heterocycles. The largest absolute Gasteiger partial charge is 0.352 e. The highest BCUT2D eigenvalue weighted by molar-refractivity contribution is 7.89. The maximum Gasteiger partial charge on any atom is 0.251 e. The summed E-state index contributed by atoms with van der Waals surface area (Å²) in [5.74, 6) is -0.357. The SMILES string of the molecule is Cc1cc(C(=O)NCC(C)(C)C)cc(S(N)(=O)=O)c1Cl. The lowest BCUT2D eigenvalue weighted by molar-refractivity contribution is 0.0939. The van der Waals surface area contributed by atoms with Gasteiger partial charge in [0.1, 0.15) is 4.90 Å². The highest BCUT2D eigenvalue weighted by atomic mass is 35.5. The average Bonchev–Trinajstić information content (AvgIpc) is 2.26. The third-order valence-corrected chi connectivity index (χ3v) is 4.12. The first-order valence-corrected chi connectivity index (χ1v) is 7.95. The normalized spacial score (nSPS) is 12.3. The van der Waals surface area contributed by atoms with Crippen molar-refractivity contribution in [2.45, 2.75) is 32.6 Å². The zero-order valence-electron chi connectivity index (χ0n) is 12.0. The van der Waals surface area contributed by atoms with Crippen molar-refractivity contribution in [1.82, 2.24) is 5.32 Å². The minimum absolute atomic E-state index is 0.0415. The van der Waals surface area contributed by atoms with Gasteiger partial charge in [-0.15, -0.1) is 0 Å². The van der Waals surface area contributed by atoms with E-state index in [1.54, 1.807) is 6.92 Å². The van der Waals surface area contributed by atoms with E-state index in [0.717, 1.165) is 0 Å². The Kier molecular flexibility index (Phi) is 4.84. The first-order valence-electron chi connectivity index (χ1n) is 6.03. The van der Waals surface area contributed by atoms with Gasteiger partial charge in [-0.25, -0.2) is 13.6 Å². The second-order valence-corrected chi connectivity index (χ2v) is 7.80. The number of aryl methyl sites for hydroxylation is 1. The number of rotatable bonds is 3. The summed E-state index contributed by atoms with van der Waals surface area (Å²) in [7, 11) is -3.97. The van der Waals surface area contributed by atoms with E-state index in [1.807, 2.05) is 20.8 Å². The number of carbonyl (C=O) groups excluding carboxylic acids is 1. The molecule has 1 aromatic carbocycles. The Morgan fingerprint density at radius 1 is 1.35 bits per heavy atom. The molecule has 0 atom stereocenters. The van der Waals surface area contributed by atoms with Crippen molar-refractivity contribution in [3.8, 4) is 0 Å². The third kappa shape index (κ3) is 4.47. The van der Waals surface area contributed by atoms with Gasteiger partial charge < -0.3 is 5.32 Å². The molecule has 3 N–H and O–H groups in total. The van der Waals surface area contributed by atoms with Crippen molar-refractivity contribution in [1.29, 1.82) is 0 Å². The lowest BCUT2D eigenvalue weighted by Gasteiger charge is -2.19. The smallest absolute Gasteiger partial charge is 0.251 e. The van der Waals surface area contributed by atoms with E-state index >= 15 is 0 Å². The van der Waals surface area contributed by atoms with Gasteiger partial charge in [-0.1, -0.05) is 32.4 Å². The van der Waals surface area contributed by atoms with Gasteiger partial charge in [-0.05, 0) is 30.0 Å². The van der Waals surface area contributed by atoms with Crippen LogP contribution in [0.1, 0.15) is 36.7 Å². The van der Waals surface area contributed by atoms with E-state index in [9.17, 15) is 13.2 Å². The summed E-state index contributed by atoms with van der Waals surface area (Å²) >= 11 is 5.91. The summed E-state index contributed by atoms with van der Waals surface area (Å²) in [6.45, 7) is 8.04. The predicted molar refractivity (Wildman–Crippen MR) is 79.4 cm³/mol. The molecule has 0 aliphatic rings. The molecule has 112 valence electrons. The highest BCUT2D eigenvalue weighted by Crippen LogP contribution is 2.26. The summed E-state index contributed by atoms with van der Waals surface area (Å²) in [5.41, 5.74) is 0.638. The van der Waals surface area contributed by atoms with Crippen LogP contribution in [-0.4, -0.2) is 20.9 Å². The summed E-state index contributed by atoms with van der Waals surface area (Å²) in [6.07, 6.45) is 0. The van der Waals surface area contributed by atoms with Crippen LogP contribution in [0.25, 0.3) is 0 Å². The number of primary sulfonamides is 1. The number of sulfonamides is 1. The van der Waals surface area contributed by atoms with Gasteiger partial charge in [0.25, 0.3) is 5.91 Å². The van der Waals surface area contributed by atoms with E-state index in [0.29, 0.717) is 12.1 Å².